The predicted octanol–water partition coefficient (Wildman–Crippen LogP) is 1.06. The van der Waals surface area contributed by atoms with Crippen LogP contribution in [0, 0.1) is 0 Å². The Balaban J connectivity index is 0.00000133. The number of hydrogen-bond acceptors (Lipinski definition) is 3. The van der Waals surface area contributed by atoms with E-state index in [1.165, 1.54) is 11.3 Å². The maximum Gasteiger partial charge on any atom is 0.181 e. The molecule has 0 radical (unpaired) electrons. The van der Waals surface area contributed by atoms with Crippen molar-refractivity contribution in [2.45, 2.75) is 0 Å². The van der Waals surface area contributed by atoms with Crippen molar-refractivity contribution in [1.82, 2.24) is 4.98 Å². The summed E-state index contributed by atoms with van der Waals surface area (Å²) in [4.78, 5) is 5.58. The summed E-state index contributed by atoms with van der Waals surface area (Å²) in [5, 5.41) is 0.604. The lowest BCUT2D eigenvalue weighted by atomic mass is 10.1. The van der Waals surface area contributed by atoms with Gasteiger partial charge in [0.25, 0.3) is 0 Å². The van der Waals surface area contributed by atoms with Gasteiger partial charge in [0.15, 0.2) is 5.13 Å². The van der Waals surface area contributed by atoms with E-state index in [1.807, 2.05) is 36.4 Å². The average molecular weight is 332 g/mol. The van der Waals surface area contributed by atoms with E-state index in [1.54, 1.807) is 0 Å². The summed E-state index contributed by atoms with van der Waals surface area (Å²) in [6.45, 7) is 0. The summed E-state index contributed by atoms with van der Waals surface area (Å²) in [6.07, 6.45) is 0. The molecule has 96 valence electrons. The Hall–Kier alpha value is -1.65. The summed E-state index contributed by atoms with van der Waals surface area (Å²) >= 11 is 1.53. The lowest BCUT2D eigenvalue weighted by Gasteiger charge is -2.02. The molecule has 0 unspecified atom stereocenters. The first-order valence-electron chi connectivity index (χ1n) is 5.72. The standard InChI is InChI=1S/C15H12N2S.BrH/c16-15-17-13(11-7-3-1-4-8-11)14(18-15)12-9-5-2-6-10-12;/h1-10H,(H2,16,17);1H/p-1. The number of anilines is 1. The van der Waals surface area contributed by atoms with Crippen LogP contribution in [-0.4, -0.2) is 4.98 Å². The molecule has 19 heavy (non-hydrogen) atoms. The SMILES string of the molecule is Nc1nc(-c2ccccc2)c(-c2ccccc2)s1.[Br-]. The molecule has 4 heteroatoms. The summed E-state index contributed by atoms with van der Waals surface area (Å²) in [5.74, 6) is 0. The number of aromatic nitrogens is 1. The van der Waals surface area contributed by atoms with Gasteiger partial charge in [-0.1, -0.05) is 72.0 Å². The molecule has 0 aliphatic carbocycles. The monoisotopic (exact) mass is 331 g/mol. The molecule has 0 fully saturated rings. The van der Waals surface area contributed by atoms with Crippen molar-refractivity contribution in [2.24, 2.45) is 0 Å². The molecule has 0 aliphatic rings. The van der Waals surface area contributed by atoms with E-state index in [2.05, 4.69) is 29.2 Å². The summed E-state index contributed by atoms with van der Waals surface area (Å²) in [6, 6.07) is 20.4. The van der Waals surface area contributed by atoms with Gasteiger partial charge in [-0.3, -0.25) is 0 Å². The number of benzene rings is 2. The first kappa shape index (κ1) is 13.8. The summed E-state index contributed by atoms with van der Waals surface area (Å²) in [5.41, 5.74) is 9.08. The molecular formula is C15H12BrN2S-. The molecule has 2 nitrogen and oxygen atoms in total. The van der Waals surface area contributed by atoms with Gasteiger partial charge in [-0.25, -0.2) is 4.98 Å². The third kappa shape index (κ3) is 2.85. The van der Waals surface area contributed by atoms with Crippen LogP contribution in [0.5, 0.6) is 0 Å². The van der Waals surface area contributed by atoms with E-state index < -0.39 is 0 Å². The predicted molar refractivity (Wildman–Crippen MR) is 77.4 cm³/mol. The number of nitrogen functional groups attached to an aromatic ring is 1. The van der Waals surface area contributed by atoms with Gasteiger partial charge < -0.3 is 22.7 Å². The van der Waals surface area contributed by atoms with E-state index in [-0.39, 0.29) is 17.0 Å². The molecule has 2 aromatic carbocycles. The topological polar surface area (TPSA) is 38.9 Å². The van der Waals surface area contributed by atoms with Crippen LogP contribution >= 0.6 is 11.3 Å². The molecule has 0 bridgehead atoms. The van der Waals surface area contributed by atoms with Crippen LogP contribution in [0.3, 0.4) is 0 Å². The highest BCUT2D eigenvalue weighted by molar-refractivity contribution is 7.19. The van der Waals surface area contributed by atoms with Gasteiger partial charge in [-0.15, -0.1) is 0 Å². The summed E-state index contributed by atoms with van der Waals surface area (Å²) < 4.78 is 0. The first-order chi connectivity index (χ1) is 8.84. The molecule has 3 aromatic rings. The minimum Gasteiger partial charge on any atom is -1.00 e. The lowest BCUT2D eigenvalue weighted by Crippen LogP contribution is -3.00. The molecule has 0 saturated heterocycles. The van der Waals surface area contributed by atoms with Crippen molar-refractivity contribution in [3.63, 3.8) is 0 Å². The molecule has 0 amide bonds. The lowest BCUT2D eigenvalue weighted by molar-refractivity contribution is -0.00000350. The number of hydrogen-bond donors (Lipinski definition) is 1. The zero-order valence-electron chi connectivity index (χ0n) is 10.1. The fraction of sp³-hybridized carbons (Fsp3) is 0. The first-order valence-corrected chi connectivity index (χ1v) is 6.53. The Morgan fingerprint density at radius 3 is 1.89 bits per heavy atom. The Morgan fingerprint density at radius 2 is 1.32 bits per heavy atom. The Bertz CT molecular complexity index is 593. The van der Waals surface area contributed by atoms with Gasteiger partial charge in [0.05, 0.1) is 10.6 Å². The van der Waals surface area contributed by atoms with Crippen LogP contribution in [0.2, 0.25) is 0 Å². The van der Waals surface area contributed by atoms with E-state index in [0.717, 1.165) is 21.7 Å². The number of thiazole rings is 1. The van der Waals surface area contributed by atoms with E-state index in [0.29, 0.717) is 5.13 Å². The van der Waals surface area contributed by atoms with Crippen LogP contribution in [-0.2, 0) is 0 Å². The molecular weight excluding hydrogens is 320 g/mol. The second-order valence-corrected chi connectivity index (χ2v) is 4.99. The van der Waals surface area contributed by atoms with Crippen molar-refractivity contribution in [3.05, 3.63) is 60.7 Å². The Kier molecular flexibility index (Phi) is 4.35. The summed E-state index contributed by atoms with van der Waals surface area (Å²) in [7, 11) is 0. The third-order valence-electron chi connectivity index (χ3n) is 2.73. The maximum absolute atomic E-state index is 5.86. The number of halogens is 1. The fourth-order valence-corrected chi connectivity index (χ4v) is 2.77. The van der Waals surface area contributed by atoms with Gasteiger partial charge in [-0.05, 0) is 5.56 Å². The number of rotatable bonds is 2. The van der Waals surface area contributed by atoms with E-state index in [9.17, 15) is 0 Å². The van der Waals surface area contributed by atoms with Gasteiger partial charge in [0, 0.05) is 5.56 Å². The zero-order chi connectivity index (χ0) is 12.4. The molecule has 2 N–H and O–H groups in total. The van der Waals surface area contributed by atoms with Crippen LogP contribution < -0.4 is 22.7 Å². The molecule has 1 aromatic heterocycles. The van der Waals surface area contributed by atoms with Crippen molar-refractivity contribution in [2.75, 3.05) is 5.73 Å². The smallest absolute Gasteiger partial charge is 0.181 e. The van der Waals surface area contributed by atoms with Crippen molar-refractivity contribution in [3.8, 4) is 21.7 Å². The van der Waals surface area contributed by atoms with Crippen molar-refractivity contribution in [1.29, 1.82) is 0 Å². The quantitative estimate of drug-likeness (QED) is 0.762. The number of nitrogens with two attached hydrogens (primary N) is 1. The zero-order valence-corrected chi connectivity index (χ0v) is 12.5. The van der Waals surface area contributed by atoms with Crippen LogP contribution in [0.1, 0.15) is 0 Å². The molecule has 0 spiro atoms. The highest BCUT2D eigenvalue weighted by Crippen LogP contribution is 2.37. The highest BCUT2D eigenvalue weighted by Gasteiger charge is 2.12. The maximum atomic E-state index is 5.86. The second kappa shape index (κ2) is 5.99. The minimum absolute atomic E-state index is 0. The Labute approximate surface area is 126 Å². The van der Waals surface area contributed by atoms with E-state index in [4.69, 9.17) is 5.73 Å². The van der Waals surface area contributed by atoms with Crippen molar-refractivity contribution < 1.29 is 17.0 Å². The fourth-order valence-electron chi connectivity index (χ4n) is 1.91. The van der Waals surface area contributed by atoms with E-state index >= 15 is 0 Å². The van der Waals surface area contributed by atoms with Gasteiger partial charge in [-0.2, -0.15) is 0 Å². The third-order valence-corrected chi connectivity index (χ3v) is 3.66. The Morgan fingerprint density at radius 1 is 0.789 bits per heavy atom. The second-order valence-electron chi connectivity index (χ2n) is 3.96. The average Bonchev–Trinajstić information content (AvgIpc) is 2.83. The van der Waals surface area contributed by atoms with Crippen molar-refractivity contribution >= 4 is 16.5 Å². The molecule has 3 rings (SSSR count). The highest BCUT2D eigenvalue weighted by atomic mass is 79.9. The van der Waals surface area contributed by atoms with Crippen LogP contribution in [0.25, 0.3) is 21.7 Å². The number of nitrogens with zero attached hydrogens (tertiary/aromatic N) is 1. The van der Waals surface area contributed by atoms with Gasteiger partial charge in [0.1, 0.15) is 0 Å². The molecule has 0 atom stereocenters. The van der Waals surface area contributed by atoms with Crippen LogP contribution in [0.15, 0.2) is 60.7 Å². The van der Waals surface area contributed by atoms with Gasteiger partial charge in [0.2, 0.25) is 0 Å². The molecule has 0 aliphatic heterocycles. The normalized spacial score (nSPS) is 9.89. The minimum atomic E-state index is 0. The molecule has 0 saturated carbocycles. The molecule has 1 heterocycles. The van der Waals surface area contributed by atoms with Gasteiger partial charge >= 0.3 is 0 Å². The largest absolute Gasteiger partial charge is 1.00 e. The van der Waals surface area contributed by atoms with Crippen LogP contribution in [0.4, 0.5) is 5.13 Å².